The van der Waals surface area contributed by atoms with Gasteiger partial charge in [-0.25, -0.2) is 5.43 Å². The summed E-state index contributed by atoms with van der Waals surface area (Å²) in [5.74, 6) is 5.73. The van der Waals surface area contributed by atoms with Gasteiger partial charge in [0.1, 0.15) is 0 Å². The van der Waals surface area contributed by atoms with Crippen LogP contribution in [0.5, 0.6) is 0 Å². The van der Waals surface area contributed by atoms with E-state index >= 15 is 0 Å². The van der Waals surface area contributed by atoms with Crippen molar-refractivity contribution in [3.63, 3.8) is 0 Å². The molecule has 1 aromatic rings. The summed E-state index contributed by atoms with van der Waals surface area (Å²) in [5.41, 5.74) is 3.63. The van der Waals surface area contributed by atoms with E-state index in [2.05, 4.69) is 33.4 Å². The van der Waals surface area contributed by atoms with Crippen LogP contribution in [0.25, 0.3) is 0 Å². The first kappa shape index (κ1) is 13.0. The molecule has 96 valence electrons. The Morgan fingerprint density at radius 1 is 1.65 bits per heavy atom. The van der Waals surface area contributed by atoms with E-state index in [9.17, 15) is 0 Å². The SMILES string of the molecule is Cn1ncc(Br)c1C(NN)C1(C)CCCCO1. The Morgan fingerprint density at radius 3 is 2.88 bits per heavy atom. The van der Waals surface area contributed by atoms with Crippen molar-refractivity contribution in [1.29, 1.82) is 0 Å². The predicted molar refractivity (Wildman–Crippen MR) is 69.2 cm³/mol. The number of aryl methyl sites for hydroxylation is 1. The van der Waals surface area contributed by atoms with Crippen LogP contribution < -0.4 is 11.3 Å². The van der Waals surface area contributed by atoms with Gasteiger partial charge in [-0.1, -0.05) is 0 Å². The molecule has 0 aliphatic carbocycles. The Hall–Kier alpha value is -0.430. The van der Waals surface area contributed by atoms with Crippen molar-refractivity contribution in [2.24, 2.45) is 12.9 Å². The first-order valence-corrected chi connectivity index (χ1v) is 6.65. The van der Waals surface area contributed by atoms with E-state index in [1.807, 2.05) is 11.7 Å². The van der Waals surface area contributed by atoms with Gasteiger partial charge in [-0.15, -0.1) is 0 Å². The first-order valence-electron chi connectivity index (χ1n) is 5.86. The Morgan fingerprint density at radius 2 is 2.41 bits per heavy atom. The van der Waals surface area contributed by atoms with Crippen molar-refractivity contribution in [2.45, 2.75) is 37.8 Å². The molecule has 1 aliphatic rings. The third kappa shape index (κ3) is 2.40. The number of rotatable bonds is 3. The van der Waals surface area contributed by atoms with Gasteiger partial charge in [-0.2, -0.15) is 5.10 Å². The van der Waals surface area contributed by atoms with E-state index in [0.29, 0.717) is 0 Å². The van der Waals surface area contributed by atoms with Crippen LogP contribution in [0, 0.1) is 0 Å². The van der Waals surface area contributed by atoms with Gasteiger partial charge in [0, 0.05) is 13.7 Å². The van der Waals surface area contributed by atoms with Gasteiger partial charge in [-0.3, -0.25) is 10.5 Å². The Bertz CT molecular complexity index is 367. The smallest absolute Gasteiger partial charge is 0.0926 e. The molecular formula is C11H19BrN4O. The van der Waals surface area contributed by atoms with Gasteiger partial charge in [0.05, 0.1) is 28.0 Å². The van der Waals surface area contributed by atoms with Crippen LogP contribution in [0.3, 0.4) is 0 Å². The normalized spacial score (nSPS) is 27.1. The maximum Gasteiger partial charge on any atom is 0.0926 e. The van der Waals surface area contributed by atoms with Gasteiger partial charge in [-0.05, 0) is 42.1 Å². The van der Waals surface area contributed by atoms with Crippen LogP contribution in [0.2, 0.25) is 0 Å². The summed E-state index contributed by atoms with van der Waals surface area (Å²) in [7, 11) is 1.91. The van der Waals surface area contributed by atoms with Crippen molar-refractivity contribution in [3.05, 3.63) is 16.4 Å². The second-order valence-corrected chi connectivity index (χ2v) is 5.57. The van der Waals surface area contributed by atoms with Gasteiger partial charge in [0.15, 0.2) is 0 Å². The second-order valence-electron chi connectivity index (χ2n) is 4.72. The molecule has 0 aromatic carbocycles. The van der Waals surface area contributed by atoms with Crippen LogP contribution in [0.4, 0.5) is 0 Å². The molecule has 1 fully saturated rings. The molecule has 0 saturated carbocycles. The van der Waals surface area contributed by atoms with Crippen LogP contribution >= 0.6 is 15.9 Å². The zero-order valence-corrected chi connectivity index (χ0v) is 11.8. The van der Waals surface area contributed by atoms with Gasteiger partial charge < -0.3 is 4.74 Å². The molecule has 2 unspecified atom stereocenters. The summed E-state index contributed by atoms with van der Waals surface area (Å²) in [4.78, 5) is 0. The number of hydrogen-bond acceptors (Lipinski definition) is 4. The number of nitrogens with zero attached hydrogens (tertiary/aromatic N) is 2. The molecule has 1 aliphatic heterocycles. The summed E-state index contributed by atoms with van der Waals surface area (Å²) in [6, 6.07) is -0.0651. The lowest BCUT2D eigenvalue weighted by Gasteiger charge is -2.40. The Balaban J connectivity index is 2.32. The van der Waals surface area contributed by atoms with Gasteiger partial charge in [0.2, 0.25) is 0 Å². The molecule has 2 atom stereocenters. The standard InChI is InChI=1S/C11H19BrN4O/c1-11(5-3-4-6-17-11)10(15-13)9-8(12)7-14-16(9)2/h7,10,15H,3-6,13H2,1-2H3. The predicted octanol–water partition coefficient (Wildman–Crippen LogP) is 1.65. The topological polar surface area (TPSA) is 65.1 Å². The van der Waals surface area contributed by atoms with E-state index in [-0.39, 0.29) is 11.6 Å². The first-order chi connectivity index (χ1) is 8.08. The summed E-state index contributed by atoms with van der Waals surface area (Å²) in [6.07, 6.45) is 5.08. The molecular weight excluding hydrogens is 284 g/mol. The quantitative estimate of drug-likeness (QED) is 0.658. The van der Waals surface area contributed by atoms with Crippen LogP contribution in [-0.4, -0.2) is 22.0 Å². The number of nitrogens with two attached hydrogens (primary N) is 1. The van der Waals surface area contributed by atoms with Gasteiger partial charge in [0.25, 0.3) is 0 Å². The average molecular weight is 303 g/mol. The van der Waals surface area contributed by atoms with Crippen LogP contribution in [0.1, 0.15) is 37.9 Å². The summed E-state index contributed by atoms with van der Waals surface area (Å²) in [5, 5.41) is 4.23. The van der Waals surface area contributed by atoms with Gasteiger partial charge >= 0.3 is 0 Å². The molecule has 0 amide bonds. The number of aromatic nitrogens is 2. The highest BCUT2D eigenvalue weighted by atomic mass is 79.9. The van der Waals surface area contributed by atoms with Crippen molar-refractivity contribution in [2.75, 3.05) is 6.61 Å². The third-order valence-electron chi connectivity index (χ3n) is 3.49. The molecule has 0 spiro atoms. The fraction of sp³-hybridized carbons (Fsp3) is 0.727. The zero-order chi connectivity index (χ0) is 12.5. The number of hydrogen-bond donors (Lipinski definition) is 2. The van der Waals surface area contributed by atoms with E-state index < -0.39 is 0 Å². The van der Waals surface area contributed by atoms with Crippen molar-refractivity contribution >= 4 is 15.9 Å². The van der Waals surface area contributed by atoms with E-state index in [0.717, 1.165) is 29.6 Å². The van der Waals surface area contributed by atoms with Crippen molar-refractivity contribution < 1.29 is 4.74 Å². The Kier molecular flexibility index (Phi) is 3.87. The molecule has 0 radical (unpaired) electrons. The molecule has 2 rings (SSSR count). The summed E-state index contributed by atoms with van der Waals surface area (Å²) >= 11 is 3.51. The van der Waals surface area contributed by atoms with E-state index in [1.54, 1.807) is 6.20 Å². The molecule has 5 nitrogen and oxygen atoms in total. The summed E-state index contributed by atoms with van der Waals surface area (Å²) < 4.78 is 8.74. The minimum atomic E-state index is -0.274. The third-order valence-corrected chi connectivity index (χ3v) is 4.10. The lowest BCUT2D eigenvalue weighted by atomic mass is 9.86. The largest absolute Gasteiger partial charge is 0.373 e. The van der Waals surface area contributed by atoms with Crippen LogP contribution in [-0.2, 0) is 11.8 Å². The lowest BCUT2D eigenvalue weighted by molar-refractivity contribution is -0.0914. The number of nitrogens with one attached hydrogen (secondary N) is 1. The molecule has 2 heterocycles. The highest BCUT2D eigenvalue weighted by Crippen LogP contribution is 2.38. The van der Waals surface area contributed by atoms with E-state index in [1.165, 1.54) is 6.42 Å². The fourth-order valence-electron chi connectivity index (χ4n) is 2.47. The minimum absolute atomic E-state index is 0.0651. The number of ether oxygens (including phenoxy) is 1. The second kappa shape index (κ2) is 5.06. The summed E-state index contributed by atoms with van der Waals surface area (Å²) in [6.45, 7) is 2.90. The monoisotopic (exact) mass is 302 g/mol. The molecule has 0 bridgehead atoms. The lowest BCUT2D eigenvalue weighted by Crippen LogP contribution is -2.49. The zero-order valence-electron chi connectivity index (χ0n) is 10.2. The molecule has 3 N–H and O–H groups in total. The minimum Gasteiger partial charge on any atom is -0.373 e. The van der Waals surface area contributed by atoms with E-state index in [4.69, 9.17) is 10.6 Å². The highest BCUT2D eigenvalue weighted by molar-refractivity contribution is 9.10. The molecule has 6 heteroatoms. The van der Waals surface area contributed by atoms with Crippen molar-refractivity contribution in [1.82, 2.24) is 15.2 Å². The number of halogens is 1. The highest BCUT2D eigenvalue weighted by Gasteiger charge is 2.39. The fourth-order valence-corrected chi connectivity index (χ4v) is 3.05. The maximum absolute atomic E-state index is 5.95. The molecule has 17 heavy (non-hydrogen) atoms. The van der Waals surface area contributed by atoms with Crippen LogP contribution in [0.15, 0.2) is 10.7 Å². The van der Waals surface area contributed by atoms with Crippen molar-refractivity contribution in [3.8, 4) is 0 Å². The molecule has 1 saturated heterocycles. The number of hydrazine groups is 1. The Labute approximate surface area is 110 Å². The maximum atomic E-state index is 5.95. The molecule has 1 aromatic heterocycles. The average Bonchev–Trinajstić information content (AvgIpc) is 2.63.